The lowest BCUT2D eigenvalue weighted by Gasteiger charge is -2.41. The zero-order chi connectivity index (χ0) is 14.8. The van der Waals surface area contributed by atoms with Gasteiger partial charge in [0.15, 0.2) is 6.29 Å². The van der Waals surface area contributed by atoms with Gasteiger partial charge in [-0.25, -0.2) is 0 Å². The second-order valence-electron chi connectivity index (χ2n) is 4.02. The minimum absolute atomic E-state index is 0.572. The van der Waals surface area contributed by atoms with E-state index in [0.29, 0.717) is 0 Å². The number of hydrogen-bond donors (Lipinski definition) is 4. The van der Waals surface area contributed by atoms with Crippen LogP contribution >= 0.6 is 7.82 Å². The third-order valence-electron chi connectivity index (χ3n) is 2.49. The molecule has 0 aromatic carbocycles. The molecular weight excluding hydrogens is 285 g/mol. The lowest BCUT2D eigenvalue weighted by molar-refractivity contribution is -0.345. The van der Waals surface area contributed by atoms with E-state index in [4.69, 9.17) is 4.74 Å². The summed E-state index contributed by atoms with van der Waals surface area (Å²) >= 11 is 0. The summed E-state index contributed by atoms with van der Waals surface area (Å²) in [6, 6.07) is -1.28. The highest BCUT2D eigenvalue weighted by molar-refractivity contribution is 7.43. The number of ether oxygens (including phenoxy) is 1. The summed E-state index contributed by atoms with van der Waals surface area (Å²) in [5, 5.41) is 31.0. The Morgan fingerprint density at radius 3 is 2.42 bits per heavy atom. The van der Waals surface area contributed by atoms with Gasteiger partial charge in [-0.3, -0.25) is 4.79 Å². The Balaban J connectivity index is 2.66. The van der Waals surface area contributed by atoms with Crippen molar-refractivity contribution >= 4 is 13.7 Å². The molecule has 0 aliphatic carbocycles. The van der Waals surface area contributed by atoms with E-state index in [1.165, 1.54) is 0 Å². The first-order chi connectivity index (χ1) is 8.61. The summed E-state index contributed by atoms with van der Waals surface area (Å²) in [7, 11) is -5.26. The van der Waals surface area contributed by atoms with Gasteiger partial charge in [0.25, 0.3) is 0 Å². The van der Waals surface area contributed by atoms with Crippen LogP contribution in [0, 0.1) is 0 Å². The summed E-state index contributed by atoms with van der Waals surface area (Å²) in [4.78, 5) is 31.4. The summed E-state index contributed by atoms with van der Waals surface area (Å²) in [5.41, 5.74) is 0. The second kappa shape index (κ2) is 6.25. The van der Waals surface area contributed by atoms with Crippen molar-refractivity contribution in [2.24, 2.45) is 0 Å². The van der Waals surface area contributed by atoms with Gasteiger partial charge in [0.2, 0.25) is 5.91 Å². The van der Waals surface area contributed by atoms with Gasteiger partial charge in [-0.2, -0.15) is 0 Å². The zero-order valence-corrected chi connectivity index (χ0v) is 10.7. The third-order valence-corrected chi connectivity index (χ3v) is 2.95. The van der Waals surface area contributed by atoms with Gasteiger partial charge < -0.3 is 44.2 Å². The number of hydrogen-bond acceptors (Lipinski definition) is 9. The van der Waals surface area contributed by atoms with E-state index in [2.05, 4.69) is 9.84 Å². The molecule has 1 heterocycles. The molecule has 19 heavy (non-hydrogen) atoms. The molecule has 4 N–H and O–H groups in total. The molecule has 1 amide bonds. The molecule has 1 aliphatic heterocycles. The molecule has 10 nitrogen and oxygen atoms in total. The molecule has 5 atom stereocenters. The molecule has 0 spiro atoms. The number of phosphoric acid groups is 1. The lowest BCUT2D eigenvalue weighted by atomic mass is 9.97. The van der Waals surface area contributed by atoms with E-state index in [9.17, 15) is 34.5 Å². The standard InChI is InChI=1S/C8H16NO9P/c1-3(10)9-5-7(12)6(11)4(18-8(5)13)2-17-19(14,15)16/h4-8,11-13H,2H2,1H3,(H,9,10)(H2,14,15,16)/p-2/t4-,5+,6-,7-,8?/m1/s1. The molecule has 11 heteroatoms. The van der Waals surface area contributed by atoms with Crippen molar-refractivity contribution < 1.29 is 43.7 Å². The van der Waals surface area contributed by atoms with Crippen molar-refractivity contribution in [1.82, 2.24) is 5.32 Å². The van der Waals surface area contributed by atoms with E-state index in [1.807, 2.05) is 0 Å². The van der Waals surface area contributed by atoms with Crippen LogP contribution in [-0.4, -0.2) is 58.5 Å². The second-order valence-corrected chi connectivity index (χ2v) is 5.17. The fourth-order valence-electron chi connectivity index (χ4n) is 1.64. The summed E-state index contributed by atoms with van der Waals surface area (Å²) < 4.78 is 19.0. The molecule has 1 unspecified atom stereocenters. The average Bonchev–Trinajstić information content (AvgIpc) is 2.26. The highest BCUT2D eigenvalue weighted by atomic mass is 31.2. The van der Waals surface area contributed by atoms with Crippen LogP contribution in [0.2, 0.25) is 0 Å². The van der Waals surface area contributed by atoms with Gasteiger partial charge in [0.1, 0.15) is 24.4 Å². The number of carbonyl (C=O) groups is 1. The predicted octanol–water partition coefficient (Wildman–Crippen LogP) is -4.22. The normalized spacial score (nSPS) is 36.0. The van der Waals surface area contributed by atoms with Crippen molar-refractivity contribution in [3.8, 4) is 0 Å². The van der Waals surface area contributed by atoms with Gasteiger partial charge in [0, 0.05) is 6.92 Å². The largest absolute Gasteiger partial charge is 0.790 e. The van der Waals surface area contributed by atoms with Crippen LogP contribution in [0.5, 0.6) is 0 Å². The first-order valence-electron chi connectivity index (χ1n) is 5.25. The molecule has 0 saturated carbocycles. The summed E-state index contributed by atoms with van der Waals surface area (Å²) in [6.45, 7) is 0.276. The Bertz CT molecular complexity index is 371. The smallest absolute Gasteiger partial charge is 0.217 e. The van der Waals surface area contributed by atoms with Crippen molar-refractivity contribution in [3.05, 3.63) is 0 Å². The number of aliphatic hydroxyl groups is 3. The Labute approximate surface area is 108 Å². The summed E-state index contributed by atoms with van der Waals surface area (Å²) in [6.07, 6.45) is -6.37. The van der Waals surface area contributed by atoms with Crippen LogP contribution in [-0.2, 0) is 18.6 Å². The Morgan fingerprint density at radius 1 is 1.37 bits per heavy atom. The molecule has 1 rings (SSSR count). The predicted molar refractivity (Wildman–Crippen MR) is 54.1 cm³/mol. The molecule has 112 valence electrons. The maximum Gasteiger partial charge on any atom is 0.217 e. The van der Waals surface area contributed by atoms with Gasteiger partial charge in [-0.05, 0) is 0 Å². The quantitative estimate of drug-likeness (QED) is 0.375. The SMILES string of the molecule is CC(=O)N[C@@H]1C(O)O[C@H](COP(=O)([O-])[O-])[C@@H](O)[C@@H]1O. The molecule has 0 aromatic heterocycles. The van der Waals surface area contributed by atoms with Crippen LogP contribution in [0.15, 0.2) is 0 Å². The molecule has 0 aromatic rings. The number of aliphatic hydroxyl groups excluding tert-OH is 3. The average molecular weight is 299 g/mol. The Kier molecular flexibility index (Phi) is 5.42. The van der Waals surface area contributed by atoms with Crippen LogP contribution < -0.4 is 15.1 Å². The number of rotatable bonds is 4. The topological polar surface area (TPSA) is 171 Å². The first-order valence-corrected chi connectivity index (χ1v) is 6.71. The highest BCUT2D eigenvalue weighted by Crippen LogP contribution is 2.28. The Morgan fingerprint density at radius 2 is 1.95 bits per heavy atom. The first kappa shape index (κ1) is 16.5. The fourth-order valence-corrected chi connectivity index (χ4v) is 1.97. The van der Waals surface area contributed by atoms with Crippen molar-refractivity contribution in [1.29, 1.82) is 0 Å². The van der Waals surface area contributed by atoms with Crippen molar-refractivity contribution in [2.75, 3.05) is 6.61 Å². The maximum absolute atomic E-state index is 10.8. The van der Waals surface area contributed by atoms with E-state index >= 15 is 0 Å². The highest BCUT2D eigenvalue weighted by Gasteiger charge is 2.44. The van der Waals surface area contributed by atoms with Gasteiger partial charge in [-0.15, -0.1) is 0 Å². The number of nitrogens with one attached hydrogen (secondary N) is 1. The molecule has 1 saturated heterocycles. The fraction of sp³-hybridized carbons (Fsp3) is 0.875. The van der Waals surface area contributed by atoms with Gasteiger partial charge >= 0.3 is 0 Å². The summed E-state index contributed by atoms with van der Waals surface area (Å²) in [5.74, 6) is -0.572. The Hall–Kier alpha value is -0.580. The van der Waals surface area contributed by atoms with Crippen LogP contribution in [0.25, 0.3) is 0 Å². The molecule has 1 aliphatic rings. The minimum Gasteiger partial charge on any atom is -0.790 e. The monoisotopic (exact) mass is 299 g/mol. The van der Waals surface area contributed by atoms with Crippen LogP contribution in [0.1, 0.15) is 6.92 Å². The van der Waals surface area contributed by atoms with Gasteiger partial charge in [-0.1, -0.05) is 0 Å². The van der Waals surface area contributed by atoms with E-state index in [1.54, 1.807) is 0 Å². The number of carbonyl (C=O) groups excluding carboxylic acids is 1. The third kappa shape index (κ3) is 4.79. The van der Waals surface area contributed by atoms with Crippen molar-refractivity contribution in [3.63, 3.8) is 0 Å². The molecular formula is C8H14NO9P-2. The van der Waals surface area contributed by atoms with E-state index in [-0.39, 0.29) is 0 Å². The van der Waals surface area contributed by atoms with Crippen molar-refractivity contribution in [2.45, 2.75) is 37.6 Å². The minimum atomic E-state index is -5.26. The zero-order valence-electron chi connectivity index (χ0n) is 9.83. The maximum atomic E-state index is 10.8. The van der Waals surface area contributed by atoms with Gasteiger partial charge in [0.05, 0.1) is 14.4 Å². The lowest BCUT2D eigenvalue weighted by Crippen LogP contribution is -2.64. The van der Waals surface area contributed by atoms with E-state index < -0.39 is 51.0 Å². The van der Waals surface area contributed by atoms with Crippen LogP contribution in [0.3, 0.4) is 0 Å². The molecule has 1 fully saturated rings. The molecule has 0 bridgehead atoms. The van der Waals surface area contributed by atoms with Crippen LogP contribution in [0.4, 0.5) is 0 Å². The number of amides is 1. The molecule has 0 radical (unpaired) electrons. The number of phosphoric ester groups is 1. The van der Waals surface area contributed by atoms with E-state index in [0.717, 1.165) is 6.92 Å².